The Hall–Kier alpha value is -2.38. The molecule has 1 aromatic carbocycles. The van der Waals surface area contributed by atoms with Gasteiger partial charge in [-0.2, -0.15) is 4.98 Å². The molecule has 1 amide bonds. The number of esters is 1. The Bertz CT molecular complexity index is 1070. The fraction of sp³-hybridized carbons (Fsp3) is 0.286. The van der Waals surface area contributed by atoms with E-state index in [1.807, 2.05) is 18.2 Å². The van der Waals surface area contributed by atoms with Crippen LogP contribution in [0.15, 0.2) is 35.4 Å². The number of hydrogen-bond acceptors (Lipinski definition) is 5. The minimum absolute atomic E-state index is 0.130. The fourth-order valence-corrected chi connectivity index (χ4v) is 5.67. The molecular weight excluding hydrogens is 392 g/mol. The molecule has 2 heterocycles. The first-order valence-corrected chi connectivity index (χ1v) is 10.9. The van der Waals surface area contributed by atoms with Crippen LogP contribution in [0, 0.1) is 6.92 Å². The minimum Gasteiger partial charge on any atom is -0.465 e. The maximum absolute atomic E-state index is 12.5. The molecule has 2 N–H and O–H groups in total. The molecule has 144 valence electrons. The minimum atomic E-state index is -0.374. The number of carbonyl (C=O) groups excluding carboxylic acids is 2. The summed E-state index contributed by atoms with van der Waals surface area (Å²) in [4.78, 5) is 29.3. The summed E-state index contributed by atoms with van der Waals surface area (Å²) < 4.78 is 4.93. The van der Waals surface area contributed by atoms with Gasteiger partial charge in [0.15, 0.2) is 0 Å². The summed E-state index contributed by atoms with van der Waals surface area (Å²) in [5.41, 5.74) is 3.79. The molecule has 0 bridgehead atoms. The van der Waals surface area contributed by atoms with Crippen LogP contribution in [0.4, 0.5) is 5.00 Å². The lowest BCUT2D eigenvalue weighted by molar-refractivity contribution is -0.395. The van der Waals surface area contributed by atoms with Crippen molar-refractivity contribution in [3.05, 3.63) is 51.9 Å². The number of hydrogen-bond donors (Lipinski definition) is 1. The van der Waals surface area contributed by atoms with E-state index in [1.54, 1.807) is 0 Å². The molecule has 5 nitrogen and oxygen atoms in total. The highest BCUT2D eigenvalue weighted by atomic mass is 32.2. The van der Waals surface area contributed by atoms with Gasteiger partial charge in [0.05, 0.1) is 18.4 Å². The second-order valence-electron chi connectivity index (χ2n) is 6.75. The van der Waals surface area contributed by atoms with Crippen LogP contribution in [0.5, 0.6) is 0 Å². The highest BCUT2D eigenvalue weighted by Gasteiger charge is 2.28. The number of methoxy groups -OCH3 is 1. The third kappa shape index (κ3) is 3.64. The largest absolute Gasteiger partial charge is 0.465 e. The molecule has 0 aliphatic heterocycles. The van der Waals surface area contributed by atoms with E-state index in [4.69, 9.17) is 4.74 Å². The lowest BCUT2D eigenvalue weighted by atomic mass is 10.1. The number of carbonyl (C=O) groups is 2. The first-order chi connectivity index (χ1) is 13.6. The van der Waals surface area contributed by atoms with Gasteiger partial charge in [-0.15, -0.1) is 11.3 Å². The van der Waals surface area contributed by atoms with Crippen molar-refractivity contribution in [2.45, 2.75) is 31.2 Å². The van der Waals surface area contributed by atoms with Gasteiger partial charge < -0.3 is 10.1 Å². The van der Waals surface area contributed by atoms with Crippen LogP contribution < -0.4 is 10.3 Å². The van der Waals surface area contributed by atoms with E-state index in [2.05, 4.69) is 29.4 Å². The Labute approximate surface area is 171 Å². The Morgan fingerprint density at radius 1 is 1.29 bits per heavy atom. The maximum atomic E-state index is 12.5. The topological polar surface area (TPSA) is 69.5 Å². The molecule has 28 heavy (non-hydrogen) atoms. The highest BCUT2D eigenvalue weighted by molar-refractivity contribution is 7.99. The predicted molar refractivity (Wildman–Crippen MR) is 112 cm³/mol. The Kier molecular flexibility index (Phi) is 5.37. The Balaban J connectivity index is 1.48. The summed E-state index contributed by atoms with van der Waals surface area (Å²) in [6.07, 6.45) is 2.87. The van der Waals surface area contributed by atoms with Crippen molar-refractivity contribution in [1.82, 2.24) is 0 Å². The van der Waals surface area contributed by atoms with Crippen molar-refractivity contribution in [1.29, 1.82) is 0 Å². The Morgan fingerprint density at radius 2 is 2.11 bits per heavy atom. The number of para-hydroxylation sites is 1. The van der Waals surface area contributed by atoms with Crippen molar-refractivity contribution in [3.8, 4) is 0 Å². The number of pyridine rings is 1. The van der Waals surface area contributed by atoms with Crippen molar-refractivity contribution in [3.63, 3.8) is 0 Å². The lowest BCUT2D eigenvalue weighted by Crippen LogP contribution is -2.17. The van der Waals surface area contributed by atoms with E-state index in [9.17, 15) is 9.59 Å². The van der Waals surface area contributed by atoms with Gasteiger partial charge in [-0.05, 0) is 55.1 Å². The third-order valence-electron chi connectivity index (χ3n) is 4.88. The van der Waals surface area contributed by atoms with Gasteiger partial charge in [-0.1, -0.05) is 12.1 Å². The molecule has 0 saturated carbocycles. The molecule has 2 aromatic heterocycles. The number of aromatic amines is 1. The monoisotopic (exact) mass is 413 g/mol. The van der Waals surface area contributed by atoms with Crippen molar-refractivity contribution < 1.29 is 19.3 Å². The zero-order chi connectivity index (χ0) is 19.7. The normalized spacial score (nSPS) is 12.8. The van der Waals surface area contributed by atoms with Crippen molar-refractivity contribution >= 4 is 50.9 Å². The quantitative estimate of drug-likeness (QED) is 0.506. The van der Waals surface area contributed by atoms with Crippen LogP contribution >= 0.6 is 23.1 Å². The average Bonchev–Trinajstić information content (AvgIpc) is 3.26. The molecule has 7 heteroatoms. The number of thiophene rings is 1. The number of nitrogens with one attached hydrogen (secondary N) is 2. The molecule has 0 atom stereocenters. The van der Waals surface area contributed by atoms with Crippen LogP contribution in [-0.4, -0.2) is 24.7 Å². The first-order valence-electron chi connectivity index (χ1n) is 9.14. The van der Waals surface area contributed by atoms with Crippen LogP contribution in [0.1, 0.15) is 32.8 Å². The third-order valence-corrected chi connectivity index (χ3v) is 7.02. The van der Waals surface area contributed by atoms with E-state index in [0.29, 0.717) is 10.6 Å². The summed E-state index contributed by atoms with van der Waals surface area (Å²) >= 11 is 2.95. The van der Waals surface area contributed by atoms with Gasteiger partial charge in [-0.3, -0.25) is 4.79 Å². The summed E-state index contributed by atoms with van der Waals surface area (Å²) in [5, 5.41) is 5.64. The molecule has 4 rings (SSSR count). The number of anilines is 1. The summed E-state index contributed by atoms with van der Waals surface area (Å²) in [7, 11) is 1.38. The van der Waals surface area contributed by atoms with E-state index in [1.165, 1.54) is 46.0 Å². The smallest absolute Gasteiger partial charge is 0.341 e. The summed E-state index contributed by atoms with van der Waals surface area (Å²) in [5.74, 6) is -0.243. The number of amides is 1. The van der Waals surface area contributed by atoms with Gasteiger partial charge in [-0.25, -0.2) is 4.79 Å². The first kappa shape index (κ1) is 19.0. The molecule has 0 saturated heterocycles. The fourth-order valence-electron chi connectivity index (χ4n) is 3.57. The number of fused-ring (bicyclic) bond motifs is 2. The second-order valence-corrected chi connectivity index (χ2v) is 8.87. The zero-order valence-corrected chi connectivity index (χ0v) is 17.4. The summed E-state index contributed by atoms with van der Waals surface area (Å²) in [6, 6.07) is 10.2. The second kappa shape index (κ2) is 7.93. The number of H-pyrrole nitrogens is 1. The average molecular weight is 414 g/mol. The van der Waals surface area contributed by atoms with Crippen LogP contribution in [0.2, 0.25) is 0 Å². The lowest BCUT2D eigenvalue weighted by Gasteiger charge is -2.06. The Morgan fingerprint density at radius 3 is 2.93 bits per heavy atom. The molecule has 3 aromatic rings. The molecule has 0 fully saturated rings. The predicted octanol–water partition coefficient (Wildman–Crippen LogP) is 4.03. The van der Waals surface area contributed by atoms with E-state index in [-0.39, 0.29) is 17.6 Å². The van der Waals surface area contributed by atoms with Gasteiger partial charge in [0.1, 0.15) is 5.00 Å². The van der Waals surface area contributed by atoms with Crippen LogP contribution in [-0.2, 0) is 22.4 Å². The van der Waals surface area contributed by atoms with E-state index >= 15 is 0 Å². The maximum Gasteiger partial charge on any atom is 0.341 e. The van der Waals surface area contributed by atoms with Crippen molar-refractivity contribution in [2.75, 3.05) is 18.2 Å². The summed E-state index contributed by atoms with van der Waals surface area (Å²) in [6.45, 7) is 2.07. The number of rotatable bonds is 5. The standard InChI is InChI=1S/C21H20N2O3S2/c1-12-10-18(22-15-8-4-3-6-13(12)15)27-11-17(24)23-20-19(21(25)26-2)14-7-5-9-16(14)28-20/h3-4,6,8,10H,5,7,9,11H2,1-2H3,(H,23,24)/p+1. The van der Waals surface area contributed by atoms with Gasteiger partial charge in [0, 0.05) is 22.4 Å². The number of ether oxygens (including phenoxy) is 1. The number of benzene rings is 1. The number of aromatic nitrogens is 1. The van der Waals surface area contributed by atoms with E-state index < -0.39 is 0 Å². The molecule has 0 radical (unpaired) electrons. The SMILES string of the molecule is COC(=O)c1c(NC(=O)CSc2cc(C)c3ccccc3[nH+]2)sc2c1CCC2. The highest BCUT2D eigenvalue weighted by Crippen LogP contribution is 2.39. The van der Waals surface area contributed by atoms with Crippen LogP contribution in [0.3, 0.4) is 0 Å². The molecule has 1 aliphatic rings. The molecule has 0 unspecified atom stereocenters. The molecule has 0 spiro atoms. The van der Waals surface area contributed by atoms with Crippen molar-refractivity contribution in [2.24, 2.45) is 0 Å². The van der Waals surface area contributed by atoms with Gasteiger partial charge >= 0.3 is 5.97 Å². The molecular formula is C21H21N2O3S2+. The number of aryl methyl sites for hydroxylation is 2. The zero-order valence-electron chi connectivity index (χ0n) is 15.8. The van der Waals surface area contributed by atoms with Gasteiger partial charge in [0.2, 0.25) is 16.4 Å². The molecule has 1 aliphatic carbocycles. The number of thioether (sulfide) groups is 1. The van der Waals surface area contributed by atoms with Crippen LogP contribution in [0.25, 0.3) is 10.9 Å². The van der Waals surface area contributed by atoms with E-state index in [0.717, 1.165) is 35.4 Å². The van der Waals surface area contributed by atoms with Gasteiger partial charge in [0.25, 0.3) is 0 Å².